The highest BCUT2D eigenvalue weighted by atomic mass is 32.2. The quantitative estimate of drug-likeness (QED) is 0.343. The van der Waals surface area contributed by atoms with E-state index in [1.165, 1.54) is 24.1 Å². The summed E-state index contributed by atoms with van der Waals surface area (Å²) in [6, 6.07) is 13.5. The molecule has 0 atom stereocenters. The Morgan fingerprint density at radius 3 is 2.89 bits per heavy atom. The lowest BCUT2D eigenvalue weighted by Gasteiger charge is -2.05. The monoisotopic (exact) mass is 383 g/mol. The lowest BCUT2D eigenvalue weighted by Crippen LogP contribution is -2.11. The zero-order valence-electron chi connectivity index (χ0n) is 13.8. The molecule has 8 heteroatoms. The fraction of sp³-hybridized carbons (Fsp3) is 0. The predicted octanol–water partition coefficient (Wildman–Crippen LogP) is 4.77. The van der Waals surface area contributed by atoms with Gasteiger partial charge in [-0.2, -0.15) is 0 Å². The van der Waals surface area contributed by atoms with Gasteiger partial charge in [0, 0.05) is 46.1 Å². The molecule has 4 aromatic rings. The summed E-state index contributed by atoms with van der Waals surface area (Å²) in [4.78, 5) is 20.4. The van der Waals surface area contributed by atoms with Gasteiger partial charge in [0.15, 0.2) is 5.82 Å². The summed E-state index contributed by atoms with van der Waals surface area (Å²) < 4.78 is 15.4. The molecule has 2 aromatic heterocycles. The largest absolute Gasteiger partial charge is 0.361 e. The zero-order valence-corrected chi connectivity index (χ0v) is 14.7. The first-order chi connectivity index (χ1) is 13.1. The van der Waals surface area contributed by atoms with Gasteiger partial charge in [-0.1, -0.05) is 0 Å². The van der Waals surface area contributed by atoms with E-state index in [9.17, 15) is 9.18 Å². The molecule has 2 aromatic carbocycles. The number of hydrogen-bond donors (Lipinski definition) is 3. The summed E-state index contributed by atoms with van der Waals surface area (Å²) in [6.07, 6.45) is 5.37. The van der Waals surface area contributed by atoms with Crippen LogP contribution in [0.5, 0.6) is 5.75 Å². The molecule has 0 unspecified atom stereocenters. The molecule has 2 heterocycles. The van der Waals surface area contributed by atoms with Crippen LogP contribution in [0, 0.1) is 5.82 Å². The second-order valence-corrected chi connectivity index (χ2v) is 6.84. The number of aromatic nitrogens is 2. The SMILES string of the molecule is O=C(Nc1ccc(OO)c(F)c1)c1ccn(Sc2ccc3[nH]ccc3c2)c1. The summed E-state index contributed by atoms with van der Waals surface area (Å²) in [6.45, 7) is 0. The Bertz CT molecular complexity index is 1120. The van der Waals surface area contributed by atoms with Gasteiger partial charge in [-0.05, 0) is 54.4 Å². The molecule has 0 spiro atoms. The number of hydrogen-bond acceptors (Lipinski definition) is 4. The van der Waals surface area contributed by atoms with Crippen LogP contribution >= 0.6 is 11.9 Å². The molecule has 0 fully saturated rings. The van der Waals surface area contributed by atoms with E-state index in [0.29, 0.717) is 5.56 Å². The summed E-state index contributed by atoms with van der Waals surface area (Å²) >= 11 is 1.48. The van der Waals surface area contributed by atoms with Crippen molar-refractivity contribution in [2.75, 3.05) is 5.32 Å². The Morgan fingerprint density at radius 2 is 2.07 bits per heavy atom. The van der Waals surface area contributed by atoms with Crippen molar-refractivity contribution >= 4 is 34.4 Å². The molecule has 0 aliphatic rings. The average Bonchev–Trinajstić information content (AvgIpc) is 3.31. The van der Waals surface area contributed by atoms with Crippen molar-refractivity contribution < 1.29 is 19.3 Å². The lowest BCUT2D eigenvalue weighted by molar-refractivity contribution is -0.140. The minimum atomic E-state index is -0.774. The van der Waals surface area contributed by atoms with E-state index in [1.54, 1.807) is 18.5 Å². The fourth-order valence-corrected chi connectivity index (χ4v) is 3.47. The highest BCUT2D eigenvalue weighted by Gasteiger charge is 2.11. The second kappa shape index (κ2) is 7.18. The predicted molar refractivity (Wildman–Crippen MR) is 102 cm³/mol. The van der Waals surface area contributed by atoms with Gasteiger partial charge in [0.2, 0.25) is 5.75 Å². The molecular formula is C19H14FN3O3S. The number of anilines is 1. The number of carbonyl (C=O) groups excluding carboxylic acids is 1. The first-order valence-electron chi connectivity index (χ1n) is 7.98. The first-order valence-corrected chi connectivity index (χ1v) is 8.75. The van der Waals surface area contributed by atoms with Crippen molar-refractivity contribution in [2.24, 2.45) is 0 Å². The number of nitrogens with zero attached hydrogens (tertiary/aromatic N) is 1. The van der Waals surface area contributed by atoms with Crippen molar-refractivity contribution in [3.8, 4) is 5.75 Å². The highest BCUT2D eigenvalue weighted by Crippen LogP contribution is 2.26. The smallest absolute Gasteiger partial charge is 0.257 e. The van der Waals surface area contributed by atoms with Gasteiger partial charge in [0.25, 0.3) is 5.91 Å². The van der Waals surface area contributed by atoms with Crippen molar-refractivity contribution in [2.45, 2.75) is 4.90 Å². The molecule has 0 radical (unpaired) electrons. The Balaban J connectivity index is 1.46. The van der Waals surface area contributed by atoms with Crippen LogP contribution in [0.4, 0.5) is 10.1 Å². The van der Waals surface area contributed by atoms with E-state index in [4.69, 9.17) is 5.26 Å². The second-order valence-electron chi connectivity index (χ2n) is 5.77. The molecule has 6 nitrogen and oxygen atoms in total. The Labute approximate surface area is 157 Å². The molecule has 0 saturated carbocycles. The summed E-state index contributed by atoms with van der Waals surface area (Å²) in [5.41, 5.74) is 1.77. The molecule has 27 heavy (non-hydrogen) atoms. The van der Waals surface area contributed by atoms with Crippen LogP contribution in [0.2, 0.25) is 0 Å². The third-order valence-corrected chi connectivity index (χ3v) is 4.86. The topological polar surface area (TPSA) is 79.3 Å². The minimum Gasteiger partial charge on any atom is -0.361 e. The maximum Gasteiger partial charge on any atom is 0.257 e. The van der Waals surface area contributed by atoms with E-state index in [2.05, 4.69) is 21.3 Å². The number of fused-ring (bicyclic) bond motifs is 1. The summed E-state index contributed by atoms with van der Waals surface area (Å²) in [5.74, 6) is -1.45. The van der Waals surface area contributed by atoms with Crippen molar-refractivity contribution in [1.82, 2.24) is 8.96 Å². The Morgan fingerprint density at radius 1 is 1.19 bits per heavy atom. The minimum absolute atomic E-state index is 0.261. The van der Waals surface area contributed by atoms with E-state index in [-0.39, 0.29) is 17.3 Å². The van der Waals surface area contributed by atoms with E-state index >= 15 is 0 Å². The van der Waals surface area contributed by atoms with Gasteiger partial charge >= 0.3 is 0 Å². The fourth-order valence-electron chi connectivity index (χ4n) is 2.63. The van der Waals surface area contributed by atoms with Gasteiger partial charge in [-0.25, -0.2) is 9.65 Å². The van der Waals surface area contributed by atoms with E-state index in [1.807, 2.05) is 28.4 Å². The molecular weight excluding hydrogens is 369 g/mol. The Hall–Kier alpha value is -3.23. The molecule has 0 aliphatic carbocycles. The standard InChI is InChI=1S/C19H14FN3O3S/c20-16-10-14(1-4-18(16)26-25)22-19(24)13-6-8-23(11-13)27-15-2-3-17-12(9-15)5-7-21-17/h1-11,21,25H,(H,22,24). The van der Waals surface area contributed by atoms with Crippen LogP contribution in [0.25, 0.3) is 10.9 Å². The number of aromatic amines is 1. The van der Waals surface area contributed by atoms with Crippen LogP contribution in [-0.4, -0.2) is 20.1 Å². The van der Waals surface area contributed by atoms with Crippen molar-refractivity contribution in [1.29, 1.82) is 0 Å². The van der Waals surface area contributed by atoms with E-state index in [0.717, 1.165) is 21.9 Å². The maximum absolute atomic E-state index is 13.6. The van der Waals surface area contributed by atoms with Crippen molar-refractivity contribution in [3.05, 3.63) is 78.5 Å². The molecule has 1 amide bonds. The number of benzene rings is 2. The number of halogens is 1. The molecule has 0 saturated heterocycles. The normalized spacial score (nSPS) is 10.9. The van der Waals surface area contributed by atoms with Crippen LogP contribution in [-0.2, 0) is 0 Å². The Kier molecular flexibility index (Phi) is 4.57. The maximum atomic E-state index is 13.6. The summed E-state index contributed by atoms with van der Waals surface area (Å²) in [7, 11) is 0. The number of carbonyl (C=O) groups is 1. The molecule has 4 rings (SSSR count). The van der Waals surface area contributed by atoms with Crippen LogP contribution in [0.1, 0.15) is 10.4 Å². The van der Waals surface area contributed by atoms with E-state index < -0.39 is 5.82 Å². The van der Waals surface area contributed by atoms with Gasteiger partial charge in [-0.3, -0.25) is 8.77 Å². The molecule has 3 N–H and O–H groups in total. The molecule has 0 aliphatic heterocycles. The zero-order chi connectivity index (χ0) is 18.8. The van der Waals surface area contributed by atoms with Crippen LogP contribution < -0.4 is 10.2 Å². The third kappa shape index (κ3) is 3.67. The molecule has 136 valence electrons. The summed E-state index contributed by atoms with van der Waals surface area (Å²) in [5, 5.41) is 12.2. The number of rotatable bonds is 5. The first kappa shape index (κ1) is 17.2. The van der Waals surface area contributed by atoms with Gasteiger partial charge in [0.05, 0.1) is 5.56 Å². The molecule has 0 bridgehead atoms. The third-order valence-electron chi connectivity index (χ3n) is 3.95. The number of H-pyrrole nitrogens is 1. The average molecular weight is 383 g/mol. The van der Waals surface area contributed by atoms with Gasteiger partial charge < -0.3 is 15.2 Å². The van der Waals surface area contributed by atoms with Crippen LogP contribution in [0.3, 0.4) is 0 Å². The van der Waals surface area contributed by atoms with Gasteiger partial charge in [-0.15, -0.1) is 0 Å². The van der Waals surface area contributed by atoms with Crippen LogP contribution in [0.15, 0.2) is 72.0 Å². The highest BCUT2D eigenvalue weighted by molar-refractivity contribution is 7.97. The number of amides is 1. The number of nitrogens with one attached hydrogen (secondary N) is 2. The van der Waals surface area contributed by atoms with Crippen molar-refractivity contribution in [3.63, 3.8) is 0 Å². The van der Waals surface area contributed by atoms with Gasteiger partial charge in [0.1, 0.15) is 0 Å². The lowest BCUT2D eigenvalue weighted by atomic mass is 10.2.